The number of nitrogens with one attached hydrogen (secondary N) is 2. The van der Waals surface area contributed by atoms with E-state index in [2.05, 4.69) is 5.32 Å². The van der Waals surface area contributed by atoms with Crippen LogP contribution in [0.4, 0.5) is 11.4 Å². The highest BCUT2D eigenvalue weighted by Crippen LogP contribution is 2.25. The first kappa shape index (κ1) is 29.5. The number of amidine groups is 1. The number of nitrogen functional groups attached to an aromatic ring is 1. The fraction of sp³-hybridized carbons (Fsp3) is 0.214. The van der Waals surface area contributed by atoms with Crippen LogP contribution in [0, 0.1) is 5.41 Å². The lowest BCUT2D eigenvalue weighted by atomic mass is 10.1. The van der Waals surface area contributed by atoms with Gasteiger partial charge in [0.2, 0.25) is 0 Å². The number of aromatic nitrogens is 2. The molecule has 4 rings (SSSR count). The van der Waals surface area contributed by atoms with E-state index in [4.69, 9.17) is 32.5 Å². The summed E-state index contributed by atoms with van der Waals surface area (Å²) in [6.45, 7) is 2.63. The van der Waals surface area contributed by atoms with Gasteiger partial charge in [-0.25, -0.2) is 4.98 Å². The summed E-state index contributed by atoms with van der Waals surface area (Å²) >= 11 is 6.34. The number of benzene rings is 3. The second-order valence-corrected chi connectivity index (χ2v) is 9.01. The second-order valence-electron chi connectivity index (χ2n) is 8.60. The lowest BCUT2D eigenvalue weighted by molar-refractivity contribution is -0.142. The smallest absolute Gasteiger partial charge is 0.307 e. The summed E-state index contributed by atoms with van der Waals surface area (Å²) in [5, 5.41) is 11.3. The molecule has 3 aromatic carbocycles. The van der Waals surface area contributed by atoms with Crippen molar-refractivity contribution in [2.45, 2.75) is 19.9 Å². The molecule has 1 amide bonds. The SMILES string of the molecule is CCOC(=O)CCN(C(=O)c1ccc2c(c1)nc(CNc1ccc(C(=N)N)cc1Cl)n2C)c1ccccc1.Cl. The fourth-order valence-electron chi connectivity index (χ4n) is 4.09. The average Bonchev–Trinajstić information content (AvgIpc) is 3.23. The van der Waals surface area contributed by atoms with E-state index in [0.717, 1.165) is 11.3 Å². The van der Waals surface area contributed by atoms with Crippen molar-refractivity contribution >= 4 is 64.1 Å². The number of nitrogens with two attached hydrogens (primary N) is 1. The molecule has 0 saturated carbocycles. The van der Waals surface area contributed by atoms with Crippen LogP contribution in [-0.4, -0.2) is 40.4 Å². The maximum absolute atomic E-state index is 13.6. The first-order valence-corrected chi connectivity index (χ1v) is 12.5. The Kier molecular flexibility index (Phi) is 9.92. The molecule has 0 saturated heterocycles. The number of imidazole rings is 1. The quantitative estimate of drug-likeness (QED) is 0.138. The van der Waals surface area contributed by atoms with Gasteiger partial charge in [-0.3, -0.25) is 15.0 Å². The molecule has 0 unspecified atom stereocenters. The molecular formula is C28H30Cl2N6O3. The van der Waals surface area contributed by atoms with E-state index in [1.807, 2.05) is 48.0 Å². The van der Waals surface area contributed by atoms with Gasteiger partial charge in [-0.05, 0) is 55.5 Å². The van der Waals surface area contributed by atoms with Gasteiger partial charge in [0.05, 0.1) is 41.3 Å². The Labute approximate surface area is 237 Å². The molecule has 204 valence electrons. The van der Waals surface area contributed by atoms with Crippen molar-refractivity contribution in [3.63, 3.8) is 0 Å². The molecule has 0 radical (unpaired) electrons. The van der Waals surface area contributed by atoms with Crippen LogP contribution in [0.3, 0.4) is 0 Å². The Balaban J connectivity index is 0.00000420. The van der Waals surface area contributed by atoms with Crippen molar-refractivity contribution in [3.8, 4) is 0 Å². The first-order chi connectivity index (χ1) is 18.3. The monoisotopic (exact) mass is 568 g/mol. The van der Waals surface area contributed by atoms with Crippen molar-refractivity contribution in [2.75, 3.05) is 23.4 Å². The van der Waals surface area contributed by atoms with Crippen molar-refractivity contribution in [2.24, 2.45) is 12.8 Å². The average molecular weight is 569 g/mol. The predicted molar refractivity (Wildman–Crippen MR) is 157 cm³/mol. The number of rotatable bonds is 10. The molecule has 0 aliphatic heterocycles. The molecule has 11 heteroatoms. The minimum absolute atomic E-state index is 0. The van der Waals surface area contributed by atoms with Crippen molar-refractivity contribution < 1.29 is 14.3 Å². The van der Waals surface area contributed by atoms with E-state index in [-0.39, 0.29) is 43.1 Å². The summed E-state index contributed by atoms with van der Waals surface area (Å²) in [7, 11) is 1.91. The number of halogens is 2. The molecule has 0 aliphatic rings. The summed E-state index contributed by atoms with van der Waals surface area (Å²) in [6.07, 6.45) is 0.0894. The number of carbonyl (C=O) groups excluding carboxylic acids is 2. The van der Waals surface area contributed by atoms with Crippen molar-refractivity contribution in [3.05, 3.63) is 88.7 Å². The van der Waals surface area contributed by atoms with Gasteiger partial charge in [0.15, 0.2) is 0 Å². The van der Waals surface area contributed by atoms with Crippen LogP contribution in [0.1, 0.15) is 35.1 Å². The van der Waals surface area contributed by atoms with E-state index < -0.39 is 0 Å². The number of carbonyl (C=O) groups is 2. The van der Waals surface area contributed by atoms with Gasteiger partial charge in [0, 0.05) is 30.4 Å². The minimum atomic E-state index is -0.352. The molecule has 4 N–H and O–H groups in total. The molecule has 1 aromatic heterocycles. The van der Waals surface area contributed by atoms with Crippen LogP contribution in [0.15, 0.2) is 66.7 Å². The topological polar surface area (TPSA) is 126 Å². The number of esters is 1. The van der Waals surface area contributed by atoms with Crippen LogP contribution < -0.4 is 16.0 Å². The summed E-state index contributed by atoms with van der Waals surface area (Å²) in [5.74, 6) is 0.115. The van der Waals surface area contributed by atoms with E-state index >= 15 is 0 Å². The third kappa shape index (κ3) is 6.87. The number of hydrogen-bond acceptors (Lipinski definition) is 6. The summed E-state index contributed by atoms with van der Waals surface area (Å²) < 4.78 is 7.00. The van der Waals surface area contributed by atoms with Gasteiger partial charge in [-0.2, -0.15) is 0 Å². The Morgan fingerprint density at radius 3 is 2.49 bits per heavy atom. The molecule has 1 heterocycles. The molecule has 0 spiro atoms. The molecule has 0 bridgehead atoms. The summed E-state index contributed by atoms with van der Waals surface area (Å²) in [4.78, 5) is 31.9. The normalized spacial score (nSPS) is 10.5. The Morgan fingerprint density at radius 2 is 1.82 bits per heavy atom. The van der Waals surface area contributed by atoms with E-state index in [1.165, 1.54) is 0 Å². The molecule has 4 aromatic rings. The maximum Gasteiger partial charge on any atom is 0.307 e. The number of ether oxygens (including phenoxy) is 1. The minimum Gasteiger partial charge on any atom is -0.466 e. The number of amides is 1. The maximum atomic E-state index is 13.6. The highest BCUT2D eigenvalue weighted by molar-refractivity contribution is 6.33. The number of anilines is 2. The molecule has 0 fully saturated rings. The molecule has 0 atom stereocenters. The zero-order valence-corrected chi connectivity index (χ0v) is 23.2. The Morgan fingerprint density at radius 1 is 1.10 bits per heavy atom. The lowest BCUT2D eigenvalue weighted by Gasteiger charge is -2.22. The number of nitrogens with zero attached hydrogens (tertiary/aromatic N) is 3. The molecular weight excluding hydrogens is 539 g/mol. The standard InChI is InChI=1S/C28H29ClN6O3.ClH/c1-3-38-26(36)13-14-35(20-7-5-4-6-8-20)28(37)19-10-12-24-23(16-19)33-25(34(24)2)17-32-22-11-9-18(27(30)31)15-21(22)29;/h4-12,15-16,32H,3,13-14,17H2,1-2H3,(H3,30,31);1H. The zero-order chi connectivity index (χ0) is 27.2. The van der Waals surface area contributed by atoms with Gasteiger partial charge < -0.3 is 25.3 Å². The predicted octanol–water partition coefficient (Wildman–Crippen LogP) is 5.14. The van der Waals surface area contributed by atoms with Gasteiger partial charge in [0.1, 0.15) is 11.7 Å². The third-order valence-corrected chi connectivity index (χ3v) is 6.41. The molecule has 0 aliphatic carbocycles. The molecule has 9 nitrogen and oxygen atoms in total. The molecule has 39 heavy (non-hydrogen) atoms. The largest absolute Gasteiger partial charge is 0.466 e. The van der Waals surface area contributed by atoms with Crippen molar-refractivity contribution in [1.82, 2.24) is 9.55 Å². The van der Waals surface area contributed by atoms with Crippen LogP contribution in [0.2, 0.25) is 5.02 Å². The van der Waals surface area contributed by atoms with Crippen LogP contribution >= 0.6 is 24.0 Å². The highest BCUT2D eigenvalue weighted by Gasteiger charge is 2.20. The summed E-state index contributed by atoms with van der Waals surface area (Å²) in [6, 6.07) is 19.8. The van der Waals surface area contributed by atoms with Gasteiger partial charge >= 0.3 is 5.97 Å². The van der Waals surface area contributed by atoms with Crippen LogP contribution in [0.5, 0.6) is 0 Å². The Hall–Kier alpha value is -4.08. The van der Waals surface area contributed by atoms with E-state index in [0.29, 0.717) is 46.2 Å². The van der Waals surface area contributed by atoms with Gasteiger partial charge in [0.25, 0.3) is 5.91 Å². The van der Waals surface area contributed by atoms with E-state index in [9.17, 15) is 9.59 Å². The number of hydrogen-bond donors (Lipinski definition) is 3. The van der Waals surface area contributed by atoms with Crippen LogP contribution in [0.25, 0.3) is 11.0 Å². The number of fused-ring (bicyclic) bond motifs is 1. The van der Waals surface area contributed by atoms with Gasteiger partial charge in [-0.15, -0.1) is 12.4 Å². The van der Waals surface area contributed by atoms with E-state index in [1.54, 1.807) is 42.2 Å². The van der Waals surface area contributed by atoms with Crippen LogP contribution in [-0.2, 0) is 23.1 Å². The third-order valence-electron chi connectivity index (χ3n) is 6.10. The lowest BCUT2D eigenvalue weighted by Crippen LogP contribution is -2.33. The Bertz CT molecular complexity index is 1490. The number of para-hydroxylation sites is 1. The number of aryl methyl sites for hydroxylation is 1. The van der Waals surface area contributed by atoms with Crippen molar-refractivity contribution in [1.29, 1.82) is 5.41 Å². The highest BCUT2D eigenvalue weighted by atomic mass is 35.5. The van der Waals surface area contributed by atoms with Gasteiger partial charge in [-0.1, -0.05) is 29.8 Å². The second kappa shape index (κ2) is 13.1. The fourth-order valence-corrected chi connectivity index (χ4v) is 4.34. The zero-order valence-electron chi connectivity index (χ0n) is 21.6. The summed E-state index contributed by atoms with van der Waals surface area (Å²) in [5.41, 5.74) is 9.47. The first-order valence-electron chi connectivity index (χ1n) is 12.1.